The summed E-state index contributed by atoms with van der Waals surface area (Å²) in [4.78, 5) is 50.9. The first-order valence-electron chi connectivity index (χ1n) is 14.6. The number of ether oxygens (including phenoxy) is 1. The van der Waals surface area contributed by atoms with E-state index in [9.17, 15) is 14.4 Å². The maximum absolute atomic E-state index is 13.8. The van der Waals surface area contributed by atoms with E-state index >= 15 is 0 Å². The number of hydrogen-bond donors (Lipinski definition) is 1. The Morgan fingerprint density at radius 2 is 1.81 bits per heavy atom. The molecule has 5 rings (SSSR count). The Balaban J connectivity index is 1.41. The molecule has 42 heavy (non-hydrogen) atoms. The second-order valence-corrected chi connectivity index (χ2v) is 12.3. The molecule has 2 aliphatic rings. The van der Waals surface area contributed by atoms with Gasteiger partial charge in [-0.3, -0.25) is 19.4 Å². The number of fused-ring (bicyclic) bond motifs is 1. The molecule has 2 unspecified atom stereocenters. The third kappa shape index (κ3) is 6.03. The van der Waals surface area contributed by atoms with Gasteiger partial charge in [-0.15, -0.1) is 0 Å². The van der Waals surface area contributed by atoms with Crippen LogP contribution in [0.15, 0.2) is 48.9 Å². The second kappa shape index (κ2) is 12.2. The minimum atomic E-state index is -0.762. The molecule has 1 N–H and O–H groups in total. The number of piperazine rings is 1. The van der Waals surface area contributed by atoms with Crippen molar-refractivity contribution in [3.63, 3.8) is 0 Å². The zero-order valence-electron chi connectivity index (χ0n) is 25.1. The fourth-order valence-corrected chi connectivity index (χ4v) is 6.23. The quantitative estimate of drug-likeness (QED) is 0.448. The lowest BCUT2D eigenvalue weighted by Crippen LogP contribution is -2.61. The van der Waals surface area contributed by atoms with Gasteiger partial charge >= 0.3 is 11.8 Å². The molecule has 0 aliphatic carbocycles. The molecule has 4 heterocycles. The number of benzene rings is 1. The summed E-state index contributed by atoms with van der Waals surface area (Å²) in [6.45, 7) is 7.59. The number of hydrogen-bond acceptors (Lipinski definition) is 7. The Kier molecular flexibility index (Phi) is 8.60. The molecule has 0 spiro atoms. The van der Waals surface area contributed by atoms with E-state index < -0.39 is 23.3 Å². The average molecular weight is 576 g/mol. The van der Waals surface area contributed by atoms with Crippen LogP contribution in [0.5, 0.6) is 0 Å². The van der Waals surface area contributed by atoms with Crippen LogP contribution < -0.4 is 5.32 Å². The van der Waals surface area contributed by atoms with Crippen molar-refractivity contribution < 1.29 is 19.1 Å². The van der Waals surface area contributed by atoms with E-state index in [1.54, 1.807) is 22.0 Å². The van der Waals surface area contributed by atoms with Gasteiger partial charge in [-0.05, 0) is 59.7 Å². The number of carbonyl (C=O) groups excluding carboxylic acids is 3. The molecule has 2 saturated heterocycles. The maximum Gasteiger partial charge on any atom is 0.314 e. The molecule has 2 aromatic heterocycles. The van der Waals surface area contributed by atoms with Crippen molar-refractivity contribution in [2.75, 3.05) is 45.7 Å². The molecule has 1 aromatic carbocycles. The zero-order chi connectivity index (χ0) is 30.0. The molecular formula is C31H41N7O4. The summed E-state index contributed by atoms with van der Waals surface area (Å²) < 4.78 is 7.71. The van der Waals surface area contributed by atoms with E-state index in [4.69, 9.17) is 4.74 Å². The summed E-state index contributed by atoms with van der Waals surface area (Å²) in [5, 5.41) is 8.08. The molecular weight excluding hydrogens is 534 g/mol. The lowest BCUT2D eigenvalue weighted by Gasteiger charge is -2.47. The minimum Gasteiger partial charge on any atom is -0.356 e. The van der Waals surface area contributed by atoms with Crippen LogP contribution >= 0.6 is 0 Å². The van der Waals surface area contributed by atoms with Gasteiger partial charge < -0.3 is 24.8 Å². The molecule has 224 valence electrons. The van der Waals surface area contributed by atoms with Crippen molar-refractivity contribution in [2.24, 2.45) is 5.41 Å². The minimum absolute atomic E-state index is 0.0251. The van der Waals surface area contributed by atoms with Gasteiger partial charge in [0, 0.05) is 43.9 Å². The highest BCUT2D eigenvalue weighted by atomic mass is 16.5. The average Bonchev–Trinajstić information content (AvgIpc) is 3.42. The summed E-state index contributed by atoms with van der Waals surface area (Å²) in [5.74, 6) is -1.40. The molecule has 3 amide bonds. The lowest BCUT2D eigenvalue weighted by molar-refractivity contribution is -0.155. The van der Waals surface area contributed by atoms with Gasteiger partial charge in [-0.1, -0.05) is 30.3 Å². The van der Waals surface area contributed by atoms with Gasteiger partial charge in [-0.2, -0.15) is 5.10 Å². The van der Waals surface area contributed by atoms with E-state index in [1.165, 1.54) is 6.20 Å². The fourth-order valence-electron chi connectivity index (χ4n) is 6.23. The second-order valence-electron chi connectivity index (χ2n) is 12.3. The number of nitrogens with zero attached hydrogens (tertiary/aromatic N) is 6. The number of amides is 3. The molecule has 3 aromatic rings. The largest absolute Gasteiger partial charge is 0.356 e. The molecule has 11 nitrogen and oxygen atoms in total. The smallest absolute Gasteiger partial charge is 0.314 e. The third-order valence-electron chi connectivity index (χ3n) is 8.10. The number of pyridine rings is 1. The number of nitrogens with one attached hydrogen (secondary N) is 1. The van der Waals surface area contributed by atoms with E-state index in [0.717, 1.165) is 30.2 Å². The summed E-state index contributed by atoms with van der Waals surface area (Å²) in [7, 11) is 3.90. The van der Waals surface area contributed by atoms with Gasteiger partial charge in [0.25, 0.3) is 0 Å². The molecule has 2 aliphatic heterocycles. The predicted molar refractivity (Wildman–Crippen MR) is 159 cm³/mol. The van der Waals surface area contributed by atoms with Crippen LogP contribution in [-0.4, -0.2) is 93.6 Å². The first-order valence-corrected chi connectivity index (χ1v) is 14.6. The topological polar surface area (TPSA) is 113 Å². The van der Waals surface area contributed by atoms with E-state index in [0.29, 0.717) is 30.9 Å². The number of anilines is 1. The van der Waals surface area contributed by atoms with Crippen molar-refractivity contribution in [1.29, 1.82) is 0 Å². The van der Waals surface area contributed by atoms with Crippen LogP contribution in [0.3, 0.4) is 0 Å². The van der Waals surface area contributed by atoms with Crippen molar-refractivity contribution in [3.05, 3.63) is 54.5 Å². The highest BCUT2D eigenvalue weighted by Gasteiger charge is 2.43. The Morgan fingerprint density at radius 3 is 2.50 bits per heavy atom. The molecule has 0 radical (unpaired) electrons. The van der Waals surface area contributed by atoms with E-state index in [2.05, 4.69) is 15.4 Å². The van der Waals surface area contributed by atoms with Crippen LogP contribution in [0, 0.1) is 5.41 Å². The third-order valence-corrected chi connectivity index (χ3v) is 8.10. The summed E-state index contributed by atoms with van der Waals surface area (Å²) in [6, 6.07) is 8.82. The normalized spacial score (nSPS) is 21.5. The van der Waals surface area contributed by atoms with Crippen LogP contribution in [0.25, 0.3) is 10.9 Å². The van der Waals surface area contributed by atoms with Gasteiger partial charge in [0.15, 0.2) is 6.23 Å². The Bertz CT molecular complexity index is 1430. The Morgan fingerprint density at radius 1 is 1.05 bits per heavy atom. The van der Waals surface area contributed by atoms with Crippen molar-refractivity contribution in [3.8, 4) is 0 Å². The van der Waals surface area contributed by atoms with Crippen molar-refractivity contribution in [1.82, 2.24) is 29.5 Å². The fraction of sp³-hybridized carbons (Fsp3) is 0.516. The van der Waals surface area contributed by atoms with Crippen LogP contribution in [0.4, 0.5) is 5.69 Å². The van der Waals surface area contributed by atoms with Gasteiger partial charge in [0.05, 0.1) is 35.1 Å². The summed E-state index contributed by atoms with van der Waals surface area (Å²) >= 11 is 0. The Labute approximate surface area is 246 Å². The van der Waals surface area contributed by atoms with Crippen molar-refractivity contribution in [2.45, 2.75) is 58.3 Å². The molecule has 0 saturated carbocycles. The van der Waals surface area contributed by atoms with E-state index in [1.807, 2.05) is 75.0 Å². The molecule has 0 bridgehead atoms. The standard InChI is InChI=1S/C31H41N7O4/c1-21-18-37(25(22-11-7-6-8-12-22)19-36(21)30(41)31(2,3)20-35(4)5)29(40)28(39)34-24-17-32-15-23-16-33-38(27(23)24)26-13-9-10-14-42-26/h6-8,11-12,15-17,21,25-26H,9-10,13-14,18-20H2,1-5H3,(H,34,39)/t21?,25-,26?/m1/s1. The highest BCUT2D eigenvalue weighted by Crippen LogP contribution is 2.33. The summed E-state index contributed by atoms with van der Waals surface area (Å²) in [5.41, 5.74) is 1.33. The van der Waals surface area contributed by atoms with E-state index in [-0.39, 0.29) is 24.7 Å². The van der Waals surface area contributed by atoms with Crippen LogP contribution in [0.1, 0.15) is 57.9 Å². The molecule has 11 heteroatoms. The number of carbonyl (C=O) groups is 3. The van der Waals surface area contributed by atoms with Gasteiger partial charge in [0.1, 0.15) is 0 Å². The number of rotatable bonds is 6. The first kappa shape index (κ1) is 29.7. The molecule has 3 atom stereocenters. The van der Waals surface area contributed by atoms with Crippen LogP contribution in [-0.2, 0) is 19.1 Å². The van der Waals surface area contributed by atoms with Crippen LogP contribution in [0.2, 0.25) is 0 Å². The Hall–Kier alpha value is -3.83. The summed E-state index contributed by atoms with van der Waals surface area (Å²) in [6.07, 6.45) is 7.51. The van der Waals surface area contributed by atoms with Gasteiger partial charge in [-0.25, -0.2) is 4.68 Å². The van der Waals surface area contributed by atoms with Crippen molar-refractivity contribution >= 4 is 34.3 Å². The first-order chi connectivity index (χ1) is 20.1. The highest BCUT2D eigenvalue weighted by molar-refractivity contribution is 6.40. The lowest BCUT2D eigenvalue weighted by atomic mass is 9.88. The number of aromatic nitrogens is 3. The van der Waals surface area contributed by atoms with Gasteiger partial charge in [0.2, 0.25) is 5.91 Å². The SMILES string of the molecule is CC1CN(C(=O)C(=O)Nc2cncc3cnn(C4CCCCO4)c23)[C@@H](c2ccccc2)CN1C(=O)C(C)(C)CN(C)C. The predicted octanol–water partition coefficient (Wildman–Crippen LogP) is 3.46. The monoisotopic (exact) mass is 575 g/mol. The maximum atomic E-state index is 13.8. The zero-order valence-corrected chi connectivity index (χ0v) is 25.1. The molecule has 2 fully saturated rings.